The number of hydrogen-bond acceptors (Lipinski definition) is 4. The Bertz CT molecular complexity index is 305. The number of likely N-dealkylation sites (tertiary alicyclic amines) is 1. The number of carbonyl (C=O) groups excluding carboxylic acids is 1. The summed E-state index contributed by atoms with van der Waals surface area (Å²) < 4.78 is 0. The smallest absolute Gasteiger partial charge is 0.245 e. The Balaban J connectivity index is 0.00000121. The minimum absolute atomic E-state index is 0.0356. The van der Waals surface area contributed by atoms with Gasteiger partial charge in [0.1, 0.15) is 0 Å². The van der Waals surface area contributed by atoms with E-state index in [4.69, 9.17) is 16.2 Å². The van der Waals surface area contributed by atoms with Gasteiger partial charge in [-0.25, -0.2) is 0 Å². The molecule has 0 bridgehead atoms. The normalized spacial score (nSPS) is 15.5. The number of aliphatic hydroxyl groups excluding tert-OH is 1. The number of nitrogens with two attached hydrogens (primary N) is 1. The lowest BCUT2D eigenvalue weighted by molar-refractivity contribution is -0.127. The van der Waals surface area contributed by atoms with Crippen molar-refractivity contribution in [3.63, 3.8) is 0 Å². The van der Waals surface area contributed by atoms with Crippen LogP contribution >= 0.6 is 0 Å². The summed E-state index contributed by atoms with van der Waals surface area (Å²) in [5.74, 6) is 0.114. The summed E-state index contributed by atoms with van der Waals surface area (Å²) in [5, 5.41) is 14.7. The monoisotopic (exact) mass is 239 g/mol. The summed E-state index contributed by atoms with van der Waals surface area (Å²) in [6, 6.07) is 0. The molecule has 1 amide bonds. The molecule has 4 N–H and O–H groups in total. The van der Waals surface area contributed by atoms with Crippen molar-refractivity contribution in [3.05, 3.63) is 24.9 Å². The van der Waals surface area contributed by atoms with Crippen LogP contribution in [0.1, 0.15) is 12.8 Å². The molecular formula is C12H21N3O2. The van der Waals surface area contributed by atoms with Gasteiger partial charge in [0.15, 0.2) is 0 Å². The first-order valence-corrected chi connectivity index (χ1v) is 5.45. The fourth-order valence-electron chi connectivity index (χ4n) is 1.78. The molecule has 1 heterocycles. The Labute approximate surface area is 102 Å². The maximum atomic E-state index is 11.3. The predicted octanol–water partition coefficient (Wildman–Crippen LogP) is 0.512. The second-order valence-electron chi connectivity index (χ2n) is 3.74. The predicted molar refractivity (Wildman–Crippen MR) is 68.7 cm³/mol. The van der Waals surface area contributed by atoms with Gasteiger partial charge in [-0.05, 0) is 18.9 Å². The zero-order valence-electron chi connectivity index (χ0n) is 10.3. The molecule has 1 saturated heterocycles. The van der Waals surface area contributed by atoms with E-state index in [1.165, 1.54) is 6.08 Å². The Morgan fingerprint density at radius 1 is 1.47 bits per heavy atom. The number of nitrogens with zero attached hydrogens (tertiary/aromatic N) is 1. The number of carbonyl (C=O) groups is 1. The van der Waals surface area contributed by atoms with Gasteiger partial charge < -0.3 is 21.1 Å². The van der Waals surface area contributed by atoms with Crippen LogP contribution in [0.15, 0.2) is 24.9 Å². The van der Waals surface area contributed by atoms with Gasteiger partial charge in [0.05, 0.1) is 5.71 Å². The minimum atomic E-state index is -0.0356. The third-order valence-corrected chi connectivity index (χ3v) is 2.74. The standard InChI is InChI=1S/C11H17N3O.CH4O/c1-3-10(15)14-6-4-9(5-7-14)11(13)8(2)12;1-2/h3,9,13H,1-2,4-7,12H2;2H,1H3. The number of amides is 1. The van der Waals surface area contributed by atoms with Crippen molar-refractivity contribution in [1.29, 1.82) is 5.41 Å². The van der Waals surface area contributed by atoms with E-state index in [1.54, 1.807) is 4.90 Å². The highest BCUT2D eigenvalue weighted by Gasteiger charge is 2.24. The lowest BCUT2D eigenvalue weighted by atomic mass is 9.90. The second-order valence-corrected chi connectivity index (χ2v) is 3.74. The van der Waals surface area contributed by atoms with Gasteiger partial charge in [-0.2, -0.15) is 0 Å². The topological polar surface area (TPSA) is 90.4 Å². The van der Waals surface area contributed by atoms with Crippen LogP contribution in [0.3, 0.4) is 0 Å². The van der Waals surface area contributed by atoms with Crippen LogP contribution < -0.4 is 5.73 Å². The van der Waals surface area contributed by atoms with Crippen LogP contribution in [0.5, 0.6) is 0 Å². The van der Waals surface area contributed by atoms with Crippen molar-refractivity contribution in [1.82, 2.24) is 4.90 Å². The van der Waals surface area contributed by atoms with Crippen molar-refractivity contribution in [3.8, 4) is 0 Å². The van der Waals surface area contributed by atoms with Gasteiger partial charge in [0, 0.05) is 31.8 Å². The molecule has 0 unspecified atom stereocenters. The molecule has 1 rings (SSSR count). The van der Waals surface area contributed by atoms with Gasteiger partial charge in [-0.15, -0.1) is 0 Å². The molecule has 0 saturated carbocycles. The van der Waals surface area contributed by atoms with E-state index in [2.05, 4.69) is 13.2 Å². The lowest BCUT2D eigenvalue weighted by Crippen LogP contribution is -2.40. The Morgan fingerprint density at radius 2 is 1.94 bits per heavy atom. The van der Waals surface area contributed by atoms with Crippen LogP contribution in [-0.2, 0) is 4.79 Å². The molecule has 0 aliphatic carbocycles. The van der Waals surface area contributed by atoms with E-state index < -0.39 is 0 Å². The summed E-state index contributed by atoms with van der Waals surface area (Å²) >= 11 is 0. The number of piperidine rings is 1. The van der Waals surface area contributed by atoms with Crippen molar-refractivity contribution in [2.75, 3.05) is 20.2 Å². The van der Waals surface area contributed by atoms with Gasteiger partial charge >= 0.3 is 0 Å². The lowest BCUT2D eigenvalue weighted by Gasteiger charge is -2.31. The zero-order valence-corrected chi connectivity index (χ0v) is 10.3. The molecular weight excluding hydrogens is 218 g/mol. The number of aliphatic hydroxyl groups is 1. The molecule has 1 aliphatic heterocycles. The quantitative estimate of drug-likeness (QED) is 0.495. The average Bonchev–Trinajstić information content (AvgIpc) is 2.39. The van der Waals surface area contributed by atoms with Crippen molar-refractivity contribution < 1.29 is 9.90 Å². The number of allylic oxidation sites excluding steroid dienone is 1. The third kappa shape index (κ3) is 4.40. The second kappa shape index (κ2) is 7.62. The van der Waals surface area contributed by atoms with E-state index in [1.807, 2.05) is 0 Å². The van der Waals surface area contributed by atoms with E-state index in [0.29, 0.717) is 24.5 Å². The summed E-state index contributed by atoms with van der Waals surface area (Å²) in [7, 11) is 1.00. The summed E-state index contributed by atoms with van der Waals surface area (Å²) in [5.41, 5.74) is 6.23. The minimum Gasteiger partial charge on any atom is -0.400 e. The maximum Gasteiger partial charge on any atom is 0.245 e. The highest BCUT2D eigenvalue weighted by molar-refractivity contribution is 5.98. The molecule has 0 radical (unpaired) electrons. The molecule has 0 aromatic heterocycles. The van der Waals surface area contributed by atoms with Gasteiger partial charge in [-0.1, -0.05) is 13.2 Å². The fraction of sp³-hybridized carbons (Fsp3) is 0.500. The highest BCUT2D eigenvalue weighted by Crippen LogP contribution is 2.19. The molecule has 0 aromatic carbocycles. The summed E-state index contributed by atoms with van der Waals surface area (Å²) in [6.45, 7) is 8.35. The Hall–Kier alpha value is -1.62. The largest absolute Gasteiger partial charge is 0.400 e. The summed E-state index contributed by atoms with van der Waals surface area (Å²) in [4.78, 5) is 13.0. The molecule has 1 fully saturated rings. The molecule has 5 heteroatoms. The van der Waals surface area contributed by atoms with Crippen LogP contribution in [0, 0.1) is 11.3 Å². The zero-order chi connectivity index (χ0) is 13.4. The SMILES string of the molecule is C=CC(=O)N1CCC(C(=N)C(=C)N)CC1.CO. The van der Waals surface area contributed by atoms with Gasteiger partial charge in [0.25, 0.3) is 0 Å². The van der Waals surface area contributed by atoms with Gasteiger partial charge in [-0.3, -0.25) is 4.79 Å². The number of hydrogen-bond donors (Lipinski definition) is 3. The molecule has 17 heavy (non-hydrogen) atoms. The van der Waals surface area contributed by atoms with E-state index in [-0.39, 0.29) is 11.8 Å². The van der Waals surface area contributed by atoms with Gasteiger partial charge in [0.2, 0.25) is 5.91 Å². The Morgan fingerprint density at radius 3 is 2.29 bits per heavy atom. The molecule has 5 nitrogen and oxygen atoms in total. The van der Waals surface area contributed by atoms with Crippen molar-refractivity contribution >= 4 is 11.6 Å². The molecule has 96 valence electrons. The molecule has 1 aliphatic rings. The van der Waals surface area contributed by atoms with E-state index in [9.17, 15) is 4.79 Å². The van der Waals surface area contributed by atoms with Crippen LogP contribution in [0.4, 0.5) is 0 Å². The van der Waals surface area contributed by atoms with Crippen LogP contribution in [0.25, 0.3) is 0 Å². The fourth-order valence-corrected chi connectivity index (χ4v) is 1.78. The third-order valence-electron chi connectivity index (χ3n) is 2.74. The average molecular weight is 239 g/mol. The van der Waals surface area contributed by atoms with Crippen LogP contribution in [-0.4, -0.2) is 41.8 Å². The maximum absolute atomic E-state index is 11.3. The van der Waals surface area contributed by atoms with Crippen molar-refractivity contribution in [2.24, 2.45) is 11.7 Å². The number of rotatable bonds is 3. The number of nitrogens with one attached hydrogen (secondary N) is 1. The molecule has 0 aromatic rings. The van der Waals surface area contributed by atoms with E-state index in [0.717, 1.165) is 20.0 Å². The first kappa shape index (κ1) is 15.4. The van der Waals surface area contributed by atoms with E-state index >= 15 is 0 Å². The van der Waals surface area contributed by atoms with Crippen molar-refractivity contribution in [2.45, 2.75) is 12.8 Å². The first-order chi connectivity index (χ1) is 8.06. The molecule has 0 atom stereocenters. The Kier molecular flexibility index (Phi) is 6.89. The summed E-state index contributed by atoms with van der Waals surface area (Å²) in [6.07, 6.45) is 2.90. The molecule has 0 spiro atoms. The highest BCUT2D eigenvalue weighted by atomic mass is 16.2. The first-order valence-electron chi connectivity index (χ1n) is 5.45. The van der Waals surface area contributed by atoms with Crippen LogP contribution in [0.2, 0.25) is 0 Å².